The van der Waals surface area contributed by atoms with Crippen molar-refractivity contribution in [2.75, 3.05) is 0 Å². The first-order chi connectivity index (χ1) is 14.7. The van der Waals surface area contributed by atoms with Gasteiger partial charge in [0.1, 0.15) is 10.7 Å². The van der Waals surface area contributed by atoms with E-state index >= 15 is 0 Å². The predicted molar refractivity (Wildman–Crippen MR) is 114 cm³/mol. The van der Waals surface area contributed by atoms with Crippen LogP contribution in [0, 0.1) is 6.92 Å². The Hall–Kier alpha value is -3.52. The standard InChI is InChI=1S/C22H17N5O2S/c1-12-15(9-24-26-12)14-3-6-20-23-10-17(27(20)11-14)13-2-4-16-19(8-13)30-22(25-16)18-5-7-21(28)29-18/h2-4,6,8-11,18H,5,7H2,1H3,(H,24,26)/t18-/m0/s1. The molecule has 5 aromatic rings. The van der Waals surface area contributed by atoms with Crippen LogP contribution in [-0.2, 0) is 9.53 Å². The maximum atomic E-state index is 11.4. The van der Waals surface area contributed by atoms with Crippen LogP contribution in [0.2, 0.25) is 0 Å². The average Bonchev–Trinajstić information content (AvgIpc) is 3.52. The van der Waals surface area contributed by atoms with Crippen molar-refractivity contribution in [2.24, 2.45) is 0 Å². The lowest BCUT2D eigenvalue weighted by Gasteiger charge is -2.05. The summed E-state index contributed by atoms with van der Waals surface area (Å²) in [6.07, 6.45) is 6.78. The van der Waals surface area contributed by atoms with Gasteiger partial charge >= 0.3 is 5.97 Å². The van der Waals surface area contributed by atoms with Crippen molar-refractivity contribution in [3.8, 4) is 22.4 Å². The molecule has 1 aliphatic heterocycles. The lowest BCUT2D eigenvalue weighted by Crippen LogP contribution is -1.97. The summed E-state index contributed by atoms with van der Waals surface area (Å²) in [6, 6.07) is 10.3. The highest BCUT2D eigenvalue weighted by Gasteiger charge is 2.27. The summed E-state index contributed by atoms with van der Waals surface area (Å²) >= 11 is 1.59. The van der Waals surface area contributed by atoms with Crippen LogP contribution in [0.5, 0.6) is 0 Å². The third-order valence-electron chi connectivity index (χ3n) is 5.51. The molecule has 0 unspecified atom stereocenters. The first kappa shape index (κ1) is 17.3. The number of carbonyl (C=O) groups is 1. The summed E-state index contributed by atoms with van der Waals surface area (Å²) < 4.78 is 8.55. The fraction of sp³-hybridized carbons (Fsp3) is 0.182. The number of cyclic esters (lactones) is 1. The monoisotopic (exact) mass is 415 g/mol. The number of aromatic amines is 1. The van der Waals surface area contributed by atoms with E-state index in [-0.39, 0.29) is 12.1 Å². The molecule has 0 amide bonds. The van der Waals surface area contributed by atoms with Crippen molar-refractivity contribution >= 4 is 33.2 Å². The number of hydrogen-bond acceptors (Lipinski definition) is 6. The summed E-state index contributed by atoms with van der Waals surface area (Å²) in [4.78, 5) is 20.7. The van der Waals surface area contributed by atoms with Crippen LogP contribution >= 0.6 is 11.3 Å². The van der Waals surface area contributed by atoms with Gasteiger partial charge in [-0.25, -0.2) is 9.97 Å². The van der Waals surface area contributed by atoms with E-state index in [4.69, 9.17) is 4.74 Å². The normalized spacial score (nSPS) is 16.6. The average molecular weight is 415 g/mol. The predicted octanol–water partition coefficient (Wildman–Crippen LogP) is 4.69. The molecule has 30 heavy (non-hydrogen) atoms. The first-order valence-corrected chi connectivity index (χ1v) is 10.6. The highest BCUT2D eigenvalue weighted by atomic mass is 32.1. The second-order valence-electron chi connectivity index (χ2n) is 7.45. The van der Waals surface area contributed by atoms with Gasteiger partial charge in [-0.3, -0.25) is 14.3 Å². The number of fused-ring (bicyclic) bond motifs is 2. The van der Waals surface area contributed by atoms with Gasteiger partial charge in [0.05, 0.1) is 28.3 Å². The Balaban J connectivity index is 1.43. The zero-order chi connectivity index (χ0) is 20.2. The molecule has 1 N–H and O–H groups in total. The van der Waals surface area contributed by atoms with Crippen LogP contribution in [0.25, 0.3) is 38.2 Å². The van der Waals surface area contributed by atoms with Gasteiger partial charge in [-0.05, 0) is 31.2 Å². The van der Waals surface area contributed by atoms with Crippen LogP contribution < -0.4 is 0 Å². The van der Waals surface area contributed by atoms with Crippen LogP contribution in [0.3, 0.4) is 0 Å². The lowest BCUT2D eigenvalue weighted by atomic mass is 10.1. The largest absolute Gasteiger partial charge is 0.455 e. The van der Waals surface area contributed by atoms with Crippen LogP contribution in [0.1, 0.15) is 29.6 Å². The minimum absolute atomic E-state index is 0.144. The Morgan fingerprint density at radius 3 is 2.90 bits per heavy atom. The number of nitrogens with zero attached hydrogens (tertiary/aromatic N) is 4. The highest BCUT2D eigenvalue weighted by molar-refractivity contribution is 7.18. The molecule has 0 radical (unpaired) electrons. The summed E-state index contributed by atoms with van der Waals surface area (Å²) in [7, 11) is 0. The number of nitrogens with one attached hydrogen (secondary N) is 1. The maximum Gasteiger partial charge on any atom is 0.306 e. The number of imidazole rings is 1. The molecule has 0 bridgehead atoms. The number of H-pyrrole nitrogens is 1. The van der Waals surface area contributed by atoms with Gasteiger partial charge in [0, 0.05) is 41.4 Å². The van der Waals surface area contributed by atoms with Gasteiger partial charge in [0.15, 0.2) is 6.10 Å². The molecule has 1 aromatic carbocycles. The molecule has 1 atom stereocenters. The second kappa shape index (κ2) is 6.50. The Bertz CT molecular complexity index is 1430. The summed E-state index contributed by atoms with van der Waals surface area (Å²) in [6.45, 7) is 2.01. The maximum absolute atomic E-state index is 11.4. The summed E-state index contributed by atoms with van der Waals surface area (Å²) in [5.41, 5.74) is 7.07. The van der Waals surface area contributed by atoms with Gasteiger partial charge in [0.2, 0.25) is 0 Å². The Kier molecular flexibility index (Phi) is 3.76. The molecule has 0 aliphatic carbocycles. The molecular formula is C22H17N5O2S. The number of ether oxygens (including phenoxy) is 1. The SMILES string of the molecule is Cc1[nH]ncc1-c1ccc2ncc(-c3ccc4nc([C@@H]5CCC(=O)O5)sc4c3)n2c1. The Morgan fingerprint density at radius 2 is 2.10 bits per heavy atom. The van der Waals surface area contributed by atoms with E-state index in [1.807, 2.05) is 31.5 Å². The number of rotatable bonds is 3. The van der Waals surface area contributed by atoms with Gasteiger partial charge in [0.25, 0.3) is 0 Å². The molecule has 6 rings (SSSR count). The molecule has 0 spiro atoms. The van der Waals surface area contributed by atoms with E-state index in [0.29, 0.717) is 12.8 Å². The lowest BCUT2D eigenvalue weighted by molar-refractivity contribution is -0.141. The zero-order valence-electron chi connectivity index (χ0n) is 16.1. The molecular weight excluding hydrogens is 398 g/mol. The number of carbonyl (C=O) groups excluding carboxylic acids is 1. The number of aryl methyl sites for hydroxylation is 1. The van der Waals surface area contributed by atoms with Crippen LogP contribution in [0.4, 0.5) is 0 Å². The Morgan fingerprint density at radius 1 is 1.20 bits per heavy atom. The molecule has 7 nitrogen and oxygen atoms in total. The molecule has 8 heteroatoms. The third-order valence-corrected chi connectivity index (χ3v) is 6.62. The Labute approximate surface area is 175 Å². The van der Waals surface area contributed by atoms with Crippen molar-refractivity contribution in [2.45, 2.75) is 25.9 Å². The van der Waals surface area contributed by atoms with Gasteiger partial charge in [-0.1, -0.05) is 6.07 Å². The van der Waals surface area contributed by atoms with Crippen molar-refractivity contribution in [3.63, 3.8) is 0 Å². The van der Waals surface area contributed by atoms with Crippen LogP contribution in [-0.4, -0.2) is 30.5 Å². The molecule has 148 valence electrons. The number of benzene rings is 1. The quantitative estimate of drug-likeness (QED) is 0.432. The van der Waals surface area contributed by atoms with E-state index in [0.717, 1.165) is 48.9 Å². The minimum Gasteiger partial charge on any atom is -0.455 e. The fourth-order valence-corrected chi connectivity index (χ4v) is 5.00. The van der Waals surface area contributed by atoms with Gasteiger partial charge < -0.3 is 4.74 Å². The third kappa shape index (κ3) is 2.72. The summed E-state index contributed by atoms with van der Waals surface area (Å²) in [5.74, 6) is -0.144. The van der Waals surface area contributed by atoms with Crippen molar-refractivity contribution < 1.29 is 9.53 Å². The fourth-order valence-electron chi connectivity index (χ4n) is 3.93. The zero-order valence-corrected chi connectivity index (χ0v) is 16.9. The van der Waals surface area contributed by atoms with E-state index < -0.39 is 0 Å². The number of hydrogen-bond donors (Lipinski definition) is 1. The van der Waals surface area contributed by atoms with E-state index in [1.54, 1.807) is 11.3 Å². The number of esters is 1. The summed E-state index contributed by atoms with van der Waals surface area (Å²) in [5, 5.41) is 7.99. The molecule has 5 heterocycles. The smallest absolute Gasteiger partial charge is 0.306 e. The number of pyridine rings is 1. The molecule has 1 fully saturated rings. The van der Waals surface area contributed by atoms with Gasteiger partial charge in [-0.2, -0.15) is 5.10 Å². The second-order valence-corrected chi connectivity index (χ2v) is 8.51. The molecule has 1 saturated heterocycles. The van der Waals surface area contributed by atoms with Crippen molar-refractivity contribution in [3.05, 3.63) is 59.6 Å². The van der Waals surface area contributed by atoms with E-state index in [9.17, 15) is 4.79 Å². The van der Waals surface area contributed by atoms with E-state index in [1.165, 1.54) is 0 Å². The first-order valence-electron chi connectivity index (χ1n) is 9.73. The molecule has 4 aromatic heterocycles. The number of aromatic nitrogens is 5. The minimum atomic E-state index is -0.213. The van der Waals surface area contributed by atoms with Crippen LogP contribution in [0.15, 0.2) is 48.9 Å². The molecule has 0 saturated carbocycles. The van der Waals surface area contributed by atoms with Crippen molar-refractivity contribution in [1.82, 2.24) is 24.6 Å². The highest BCUT2D eigenvalue weighted by Crippen LogP contribution is 2.36. The topological polar surface area (TPSA) is 85.2 Å². The molecule has 1 aliphatic rings. The van der Waals surface area contributed by atoms with E-state index in [2.05, 4.69) is 49.0 Å². The number of thiazole rings is 1. The van der Waals surface area contributed by atoms with Crippen molar-refractivity contribution in [1.29, 1.82) is 0 Å². The van der Waals surface area contributed by atoms with Gasteiger partial charge in [-0.15, -0.1) is 11.3 Å².